The van der Waals surface area contributed by atoms with Gasteiger partial charge in [0.2, 0.25) is 0 Å². The molecule has 0 atom stereocenters. The van der Waals surface area contributed by atoms with E-state index in [1.54, 1.807) is 0 Å². The number of hydrogen-bond donors (Lipinski definition) is 3. The van der Waals surface area contributed by atoms with Crippen LogP contribution in [0.1, 0.15) is 12.0 Å². The van der Waals surface area contributed by atoms with Crippen LogP contribution in [0.4, 0.5) is 23.7 Å². The molecule has 0 aliphatic rings. The fraction of sp³-hybridized carbons (Fsp3) is 0.417. The van der Waals surface area contributed by atoms with Crippen molar-refractivity contribution in [1.29, 1.82) is 0 Å². The van der Waals surface area contributed by atoms with Gasteiger partial charge in [-0.1, -0.05) is 0 Å². The number of carbonyl (C=O) groups excluding carboxylic acids is 1. The topological polar surface area (TPSA) is 53.2 Å². The fourth-order valence-corrected chi connectivity index (χ4v) is 1.38. The maximum absolute atomic E-state index is 12.3. The van der Waals surface area contributed by atoms with Crippen LogP contribution in [0.3, 0.4) is 0 Å². The zero-order valence-electron chi connectivity index (χ0n) is 10.5. The number of halogens is 3. The molecule has 1 rings (SSSR count). The number of hydrogen-bond acceptors (Lipinski definition) is 2. The molecule has 0 unspecified atom stereocenters. The second-order valence-electron chi connectivity index (χ2n) is 3.91. The standard InChI is InChI=1S/C12H16F3N3O/c1-16-7-2-8-17-11(19)18-10-5-3-9(4-6-10)12(13,14)15/h3-6,16H,2,7-8H2,1H3,(H2,17,18,19). The molecular weight excluding hydrogens is 259 g/mol. The molecule has 3 N–H and O–H groups in total. The Morgan fingerprint density at radius 2 is 1.79 bits per heavy atom. The summed E-state index contributed by atoms with van der Waals surface area (Å²) >= 11 is 0. The second kappa shape index (κ2) is 6.98. The monoisotopic (exact) mass is 275 g/mol. The number of rotatable bonds is 5. The van der Waals surface area contributed by atoms with E-state index in [1.807, 2.05) is 7.05 Å². The van der Waals surface area contributed by atoms with E-state index in [4.69, 9.17) is 0 Å². The molecule has 0 aliphatic carbocycles. The lowest BCUT2D eigenvalue weighted by atomic mass is 10.2. The molecule has 1 aromatic carbocycles. The first-order valence-electron chi connectivity index (χ1n) is 5.80. The van der Waals surface area contributed by atoms with Crippen LogP contribution >= 0.6 is 0 Å². The third kappa shape index (κ3) is 5.60. The SMILES string of the molecule is CNCCCNC(=O)Nc1ccc(C(F)(F)F)cc1. The van der Waals surface area contributed by atoms with Crippen LogP contribution in [0.25, 0.3) is 0 Å². The average molecular weight is 275 g/mol. The van der Waals surface area contributed by atoms with Gasteiger partial charge in [-0.15, -0.1) is 0 Å². The van der Waals surface area contributed by atoms with E-state index < -0.39 is 17.8 Å². The van der Waals surface area contributed by atoms with Crippen molar-refractivity contribution >= 4 is 11.7 Å². The van der Waals surface area contributed by atoms with E-state index in [0.29, 0.717) is 12.2 Å². The highest BCUT2D eigenvalue weighted by molar-refractivity contribution is 5.89. The molecule has 0 fully saturated rings. The fourth-order valence-electron chi connectivity index (χ4n) is 1.38. The van der Waals surface area contributed by atoms with Crippen LogP contribution in [0.15, 0.2) is 24.3 Å². The molecule has 0 saturated carbocycles. The van der Waals surface area contributed by atoms with E-state index in [-0.39, 0.29) is 0 Å². The van der Waals surface area contributed by atoms with Crippen molar-refractivity contribution in [1.82, 2.24) is 10.6 Å². The molecule has 0 saturated heterocycles. The van der Waals surface area contributed by atoms with Crippen molar-refractivity contribution in [3.05, 3.63) is 29.8 Å². The summed E-state index contributed by atoms with van der Waals surface area (Å²) in [6.07, 6.45) is -3.59. The Bertz CT molecular complexity index is 404. The predicted molar refractivity (Wildman–Crippen MR) is 67.0 cm³/mol. The summed E-state index contributed by atoms with van der Waals surface area (Å²) in [6, 6.07) is 3.86. The smallest absolute Gasteiger partial charge is 0.338 e. The maximum atomic E-state index is 12.3. The van der Waals surface area contributed by atoms with E-state index in [0.717, 1.165) is 25.1 Å². The minimum atomic E-state index is -4.37. The Morgan fingerprint density at radius 3 is 2.32 bits per heavy atom. The van der Waals surface area contributed by atoms with E-state index in [1.165, 1.54) is 12.1 Å². The molecule has 19 heavy (non-hydrogen) atoms. The van der Waals surface area contributed by atoms with Crippen LogP contribution in [0, 0.1) is 0 Å². The Morgan fingerprint density at radius 1 is 1.16 bits per heavy atom. The van der Waals surface area contributed by atoms with Gasteiger partial charge in [-0.2, -0.15) is 13.2 Å². The van der Waals surface area contributed by atoms with Crippen LogP contribution in [-0.4, -0.2) is 26.2 Å². The van der Waals surface area contributed by atoms with Crippen molar-refractivity contribution in [2.75, 3.05) is 25.5 Å². The van der Waals surface area contributed by atoms with Crippen molar-refractivity contribution in [3.8, 4) is 0 Å². The minimum absolute atomic E-state index is 0.319. The molecular formula is C12H16F3N3O. The molecule has 0 radical (unpaired) electrons. The summed E-state index contributed by atoms with van der Waals surface area (Å²) in [6.45, 7) is 1.27. The van der Waals surface area contributed by atoms with Crippen LogP contribution < -0.4 is 16.0 Å². The second-order valence-corrected chi connectivity index (χ2v) is 3.91. The summed E-state index contributed by atoms with van der Waals surface area (Å²) in [5, 5.41) is 7.99. The van der Waals surface area contributed by atoms with Crippen molar-refractivity contribution in [3.63, 3.8) is 0 Å². The molecule has 4 nitrogen and oxygen atoms in total. The number of amides is 2. The predicted octanol–water partition coefficient (Wildman–Crippen LogP) is 2.44. The van der Waals surface area contributed by atoms with Gasteiger partial charge in [0.1, 0.15) is 0 Å². The Hall–Kier alpha value is -1.76. The minimum Gasteiger partial charge on any atom is -0.338 e. The number of alkyl halides is 3. The lowest BCUT2D eigenvalue weighted by molar-refractivity contribution is -0.137. The third-order valence-corrected chi connectivity index (χ3v) is 2.36. The first-order chi connectivity index (χ1) is 8.93. The molecule has 0 aromatic heterocycles. The van der Waals surface area contributed by atoms with Crippen LogP contribution in [0.5, 0.6) is 0 Å². The maximum Gasteiger partial charge on any atom is 0.416 e. The zero-order valence-corrected chi connectivity index (χ0v) is 10.5. The van der Waals surface area contributed by atoms with Crippen LogP contribution in [-0.2, 0) is 6.18 Å². The van der Waals surface area contributed by atoms with Gasteiger partial charge in [-0.3, -0.25) is 0 Å². The Labute approximate surface area is 109 Å². The third-order valence-electron chi connectivity index (χ3n) is 2.36. The van der Waals surface area contributed by atoms with Gasteiger partial charge in [0.15, 0.2) is 0 Å². The lowest BCUT2D eigenvalue weighted by Gasteiger charge is -2.09. The summed E-state index contributed by atoms with van der Waals surface area (Å²) in [4.78, 5) is 11.4. The van der Waals surface area contributed by atoms with E-state index >= 15 is 0 Å². The largest absolute Gasteiger partial charge is 0.416 e. The van der Waals surface area contributed by atoms with Gasteiger partial charge in [0, 0.05) is 12.2 Å². The van der Waals surface area contributed by atoms with Gasteiger partial charge in [0.25, 0.3) is 0 Å². The molecule has 0 spiro atoms. The summed E-state index contributed by atoms with van der Waals surface area (Å²) < 4.78 is 36.9. The summed E-state index contributed by atoms with van der Waals surface area (Å²) in [7, 11) is 1.81. The average Bonchev–Trinajstić information content (AvgIpc) is 2.34. The lowest BCUT2D eigenvalue weighted by Crippen LogP contribution is -2.30. The van der Waals surface area contributed by atoms with Gasteiger partial charge in [-0.25, -0.2) is 4.79 Å². The van der Waals surface area contributed by atoms with Crippen molar-refractivity contribution in [2.24, 2.45) is 0 Å². The number of benzene rings is 1. The summed E-state index contributed by atoms with van der Waals surface area (Å²) in [5.41, 5.74) is -0.424. The van der Waals surface area contributed by atoms with Crippen LogP contribution in [0.2, 0.25) is 0 Å². The van der Waals surface area contributed by atoms with Gasteiger partial charge in [0.05, 0.1) is 5.56 Å². The first kappa shape index (κ1) is 15.3. The molecule has 1 aromatic rings. The molecule has 0 aliphatic heterocycles. The quantitative estimate of drug-likeness (QED) is 0.723. The number of carbonyl (C=O) groups is 1. The van der Waals surface area contributed by atoms with E-state index in [2.05, 4.69) is 16.0 Å². The van der Waals surface area contributed by atoms with Crippen molar-refractivity contribution < 1.29 is 18.0 Å². The number of urea groups is 1. The van der Waals surface area contributed by atoms with E-state index in [9.17, 15) is 18.0 Å². The molecule has 7 heteroatoms. The Balaban J connectivity index is 2.43. The summed E-state index contributed by atoms with van der Waals surface area (Å²) in [5.74, 6) is 0. The first-order valence-corrected chi connectivity index (χ1v) is 5.80. The van der Waals surface area contributed by atoms with Gasteiger partial charge in [-0.05, 0) is 44.3 Å². The molecule has 0 heterocycles. The molecule has 106 valence electrons. The molecule has 0 bridgehead atoms. The highest BCUT2D eigenvalue weighted by Crippen LogP contribution is 2.29. The highest BCUT2D eigenvalue weighted by atomic mass is 19.4. The Kier molecular flexibility index (Phi) is 5.62. The van der Waals surface area contributed by atoms with Crippen molar-refractivity contribution in [2.45, 2.75) is 12.6 Å². The highest BCUT2D eigenvalue weighted by Gasteiger charge is 2.29. The normalized spacial score (nSPS) is 11.2. The van der Waals surface area contributed by atoms with Gasteiger partial charge < -0.3 is 16.0 Å². The van der Waals surface area contributed by atoms with Gasteiger partial charge >= 0.3 is 12.2 Å². The number of nitrogens with one attached hydrogen (secondary N) is 3. The zero-order chi connectivity index (χ0) is 14.3. The molecule has 2 amide bonds. The number of anilines is 1.